The SMILES string of the molecule is COC(=O)N1CC(c2noc(-c3cc(F)c(C)c(NC(=O)c4cnc5cc(F)ccn45)c3)n2)C1. The van der Waals surface area contributed by atoms with Crippen LogP contribution in [0.25, 0.3) is 17.1 Å². The van der Waals surface area contributed by atoms with Gasteiger partial charge < -0.3 is 19.5 Å². The number of rotatable bonds is 4. The molecule has 34 heavy (non-hydrogen) atoms. The summed E-state index contributed by atoms with van der Waals surface area (Å²) in [6.07, 6.45) is 2.26. The number of nitrogens with zero attached hydrogens (tertiary/aromatic N) is 5. The second kappa shape index (κ2) is 8.21. The van der Waals surface area contributed by atoms with Crippen molar-refractivity contribution in [1.29, 1.82) is 0 Å². The molecule has 2 amide bonds. The van der Waals surface area contributed by atoms with Crippen LogP contribution in [0.3, 0.4) is 0 Å². The molecule has 0 spiro atoms. The third kappa shape index (κ3) is 3.72. The van der Waals surface area contributed by atoms with Crippen LogP contribution in [0.1, 0.15) is 27.8 Å². The minimum Gasteiger partial charge on any atom is -0.453 e. The number of fused-ring (bicyclic) bond motifs is 1. The van der Waals surface area contributed by atoms with E-state index >= 15 is 0 Å². The summed E-state index contributed by atoms with van der Waals surface area (Å²) in [5.41, 5.74) is 1.12. The number of anilines is 1. The molecule has 0 unspecified atom stereocenters. The van der Waals surface area contributed by atoms with Crippen LogP contribution in [0.2, 0.25) is 0 Å². The molecule has 3 aromatic heterocycles. The lowest BCUT2D eigenvalue weighted by atomic mass is 10.0. The molecule has 4 heterocycles. The molecule has 4 aromatic rings. The summed E-state index contributed by atoms with van der Waals surface area (Å²) in [5, 5.41) is 6.61. The minimum absolute atomic E-state index is 0.0752. The van der Waals surface area contributed by atoms with Gasteiger partial charge >= 0.3 is 6.09 Å². The van der Waals surface area contributed by atoms with Crippen molar-refractivity contribution in [3.05, 3.63) is 65.4 Å². The normalized spacial score (nSPS) is 13.7. The van der Waals surface area contributed by atoms with E-state index in [2.05, 4.69) is 25.2 Å². The highest BCUT2D eigenvalue weighted by Gasteiger charge is 2.35. The molecule has 174 valence electrons. The number of carbonyl (C=O) groups is 2. The Morgan fingerprint density at radius 1 is 1.24 bits per heavy atom. The number of methoxy groups -OCH3 is 1. The van der Waals surface area contributed by atoms with Gasteiger partial charge in [-0.05, 0) is 25.1 Å². The quantitative estimate of drug-likeness (QED) is 0.488. The summed E-state index contributed by atoms with van der Waals surface area (Å²) in [4.78, 5) is 34.2. The second-order valence-electron chi connectivity index (χ2n) is 7.83. The first kappa shape index (κ1) is 21.5. The van der Waals surface area contributed by atoms with E-state index in [4.69, 9.17) is 4.52 Å². The molecule has 0 saturated carbocycles. The van der Waals surface area contributed by atoms with Crippen LogP contribution in [-0.2, 0) is 4.74 Å². The summed E-state index contributed by atoms with van der Waals surface area (Å²) in [7, 11) is 1.31. The van der Waals surface area contributed by atoms with Gasteiger partial charge in [0.15, 0.2) is 5.82 Å². The number of likely N-dealkylation sites (tertiary alicyclic amines) is 1. The zero-order valence-electron chi connectivity index (χ0n) is 18.1. The number of benzene rings is 1. The first-order chi connectivity index (χ1) is 16.3. The Kier molecular flexibility index (Phi) is 5.19. The zero-order valence-corrected chi connectivity index (χ0v) is 18.1. The number of pyridine rings is 1. The number of carbonyl (C=O) groups excluding carboxylic acids is 2. The summed E-state index contributed by atoms with van der Waals surface area (Å²) in [6.45, 7) is 2.30. The fourth-order valence-electron chi connectivity index (χ4n) is 3.68. The van der Waals surface area contributed by atoms with Gasteiger partial charge in [0.05, 0.1) is 19.2 Å². The Hall–Kier alpha value is -4.35. The van der Waals surface area contributed by atoms with E-state index < -0.39 is 23.6 Å². The average Bonchev–Trinajstić information content (AvgIpc) is 3.42. The molecule has 1 aliphatic heterocycles. The zero-order chi connectivity index (χ0) is 24.0. The molecule has 0 radical (unpaired) electrons. The molecule has 1 fully saturated rings. The second-order valence-corrected chi connectivity index (χ2v) is 7.83. The Morgan fingerprint density at radius 2 is 2.03 bits per heavy atom. The number of hydrogen-bond acceptors (Lipinski definition) is 7. The topological polar surface area (TPSA) is 115 Å². The predicted molar refractivity (Wildman–Crippen MR) is 114 cm³/mol. The first-order valence-corrected chi connectivity index (χ1v) is 10.2. The highest BCUT2D eigenvalue weighted by atomic mass is 19.1. The van der Waals surface area contributed by atoms with Crippen molar-refractivity contribution < 1.29 is 27.6 Å². The molecule has 1 aromatic carbocycles. The van der Waals surface area contributed by atoms with Crippen molar-refractivity contribution in [1.82, 2.24) is 24.4 Å². The summed E-state index contributed by atoms with van der Waals surface area (Å²) >= 11 is 0. The van der Waals surface area contributed by atoms with Gasteiger partial charge in [0.2, 0.25) is 0 Å². The highest BCUT2D eigenvalue weighted by molar-refractivity contribution is 6.04. The van der Waals surface area contributed by atoms with Crippen LogP contribution >= 0.6 is 0 Å². The van der Waals surface area contributed by atoms with E-state index in [1.165, 1.54) is 60.0 Å². The van der Waals surface area contributed by atoms with E-state index in [-0.39, 0.29) is 40.0 Å². The van der Waals surface area contributed by atoms with Crippen molar-refractivity contribution in [3.8, 4) is 11.5 Å². The molecular formula is C22H18F2N6O4. The summed E-state index contributed by atoms with van der Waals surface area (Å²) in [6, 6.07) is 5.16. The number of halogens is 2. The fraction of sp³-hybridized carbons (Fsp3) is 0.227. The average molecular weight is 468 g/mol. The molecule has 5 rings (SSSR count). The number of amides is 2. The predicted octanol–water partition coefficient (Wildman–Crippen LogP) is 3.39. The summed E-state index contributed by atoms with van der Waals surface area (Å²) in [5.74, 6) is -1.26. The Balaban J connectivity index is 1.38. The maximum Gasteiger partial charge on any atom is 0.409 e. The number of imidazole rings is 1. The van der Waals surface area contributed by atoms with E-state index in [1.54, 1.807) is 0 Å². The fourth-order valence-corrected chi connectivity index (χ4v) is 3.68. The van der Waals surface area contributed by atoms with Gasteiger partial charge in [-0.2, -0.15) is 4.98 Å². The van der Waals surface area contributed by atoms with Crippen molar-refractivity contribution in [2.75, 3.05) is 25.5 Å². The van der Waals surface area contributed by atoms with Crippen LogP contribution in [0.4, 0.5) is 19.3 Å². The molecule has 1 N–H and O–H groups in total. The van der Waals surface area contributed by atoms with Crippen LogP contribution in [0.15, 0.2) is 41.2 Å². The van der Waals surface area contributed by atoms with Gasteiger partial charge in [-0.25, -0.2) is 18.6 Å². The highest BCUT2D eigenvalue weighted by Crippen LogP contribution is 2.30. The van der Waals surface area contributed by atoms with E-state index in [0.29, 0.717) is 18.9 Å². The Labute approximate surface area is 191 Å². The number of ether oxygens (including phenoxy) is 1. The monoisotopic (exact) mass is 468 g/mol. The van der Waals surface area contributed by atoms with Crippen molar-refractivity contribution >= 4 is 23.3 Å². The molecule has 0 aliphatic carbocycles. The van der Waals surface area contributed by atoms with Gasteiger partial charge in [-0.3, -0.25) is 9.20 Å². The van der Waals surface area contributed by atoms with E-state index in [1.807, 2.05) is 0 Å². The molecule has 0 bridgehead atoms. The third-order valence-electron chi connectivity index (χ3n) is 5.67. The number of aromatic nitrogens is 4. The van der Waals surface area contributed by atoms with Gasteiger partial charge in [-0.1, -0.05) is 5.16 Å². The van der Waals surface area contributed by atoms with Gasteiger partial charge in [0, 0.05) is 42.2 Å². The van der Waals surface area contributed by atoms with Gasteiger partial charge in [0.1, 0.15) is 23.0 Å². The summed E-state index contributed by atoms with van der Waals surface area (Å²) < 4.78 is 39.5. The minimum atomic E-state index is -0.576. The van der Waals surface area contributed by atoms with Gasteiger partial charge in [0.25, 0.3) is 11.8 Å². The van der Waals surface area contributed by atoms with Crippen LogP contribution < -0.4 is 5.32 Å². The molecule has 1 saturated heterocycles. The van der Waals surface area contributed by atoms with E-state index in [9.17, 15) is 18.4 Å². The molecule has 10 nitrogen and oxygen atoms in total. The largest absolute Gasteiger partial charge is 0.453 e. The smallest absolute Gasteiger partial charge is 0.409 e. The molecule has 0 atom stereocenters. The lowest BCUT2D eigenvalue weighted by Crippen LogP contribution is -2.48. The Bertz CT molecular complexity index is 1430. The van der Waals surface area contributed by atoms with Crippen LogP contribution in [0.5, 0.6) is 0 Å². The molecular weight excluding hydrogens is 450 g/mol. The maximum absolute atomic E-state index is 14.7. The lowest BCUT2D eigenvalue weighted by Gasteiger charge is -2.35. The van der Waals surface area contributed by atoms with Crippen LogP contribution in [-0.4, -0.2) is 56.6 Å². The lowest BCUT2D eigenvalue weighted by molar-refractivity contribution is 0.0857. The Morgan fingerprint density at radius 3 is 2.79 bits per heavy atom. The standard InChI is InChI=1S/C22H18F2N6O4/c1-11-15(24)5-12(21-27-19(28-34-21)13-9-29(10-13)22(32)33-2)6-16(11)26-20(31)17-8-25-18-7-14(23)3-4-30(17)18/h3-8,13H,9-10H2,1-2H3,(H,26,31). The third-order valence-corrected chi connectivity index (χ3v) is 5.67. The number of nitrogens with one attached hydrogen (secondary N) is 1. The van der Waals surface area contributed by atoms with Crippen molar-refractivity contribution in [2.24, 2.45) is 0 Å². The molecule has 12 heteroatoms. The maximum atomic E-state index is 14.7. The molecule has 1 aliphatic rings. The van der Waals surface area contributed by atoms with Crippen LogP contribution in [0, 0.1) is 18.6 Å². The number of hydrogen-bond donors (Lipinski definition) is 1. The first-order valence-electron chi connectivity index (χ1n) is 10.2. The van der Waals surface area contributed by atoms with Crippen molar-refractivity contribution in [3.63, 3.8) is 0 Å². The van der Waals surface area contributed by atoms with Gasteiger partial charge in [-0.15, -0.1) is 0 Å². The van der Waals surface area contributed by atoms with Crippen molar-refractivity contribution in [2.45, 2.75) is 12.8 Å². The van der Waals surface area contributed by atoms with E-state index in [0.717, 1.165) is 0 Å².